The fraction of sp³-hybridized carbons (Fsp3) is 0.250. The molecule has 0 saturated carbocycles. The van der Waals surface area contributed by atoms with Crippen molar-refractivity contribution in [1.82, 2.24) is 0 Å². The molecular formula is C16H18O6S. The van der Waals surface area contributed by atoms with Crippen LogP contribution in [0.1, 0.15) is 5.56 Å². The van der Waals surface area contributed by atoms with Gasteiger partial charge in [-0.15, -0.1) is 0 Å². The standard InChI is InChI=1S/C16H18O6S/c1-11-8-14(20-3)15(21-4)10-16(11)23(17,18)22-13-7-5-6-12(9-13)19-2/h5-10H,1-4H3. The number of methoxy groups -OCH3 is 3. The molecule has 0 amide bonds. The summed E-state index contributed by atoms with van der Waals surface area (Å²) in [5.41, 5.74) is 0.491. The molecule has 6 nitrogen and oxygen atoms in total. The van der Waals surface area contributed by atoms with E-state index in [0.717, 1.165) is 0 Å². The molecule has 2 aromatic rings. The lowest BCUT2D eigenvalue weighted by molar-refractivity contribution is 0.353. The van der Waals surface area contributed by atoms with Crippen molar-refractivity contribution in [3.8, 4) is 23.0 Å². The van der Waals surface area contributed by atoms with E-state index in [2.05, 4.69) is 0 Å². The van der Waals surface area contributed by atoms with Crippen molar-refractivity contribution in [2.45, 2.75) is 11.8 Å². The average molecular weight is 338 g/mol. The monoisotopic (exact) mass is 338 g/mol. The Bertz CT molecular complexity index is 798. The second-order valence-electron chi connectivity index (χ2n) is 4.69. The van der Waals surface area contributed by atoms with Gasteiger partial charge < -0.3 is 18.4 Å². The minimum atomic E-state index is -4.02. The molecule has 0 fully saturated rings. The Morgan fingerprint density at radius 3 is 2.04 bits per heavy atom. The Kier molecular flexibility index (Phi) is 5.00. The molecule has 0 aliphatic heterocycles. The maximum atomic E-state index is 12.5. The molecule has 23 heavy (non-hydrogen) atoms. The molecule has 0 atom stereocenters. The van der Waals surface area contributed by atoms with Gasteiger partial charge in [-0.3, -0.25) is 0 Å². The Morgan fingerprint density at radius 1 is 0.826 bits per heavy atom. The Hall–Kier alpha value is -2.41. The smallest absolute Gasteiger partial charge is 0.339 e. The van der Waals surface area contributed by atoms with Crippen molar-refractivity contribution >= 4 is 10.1 Å². The number of hydrogen-bond donors (Lipinski definition) is 0. The van der Waals surface area contributed by atoms with E-state index in [9.17, 15) is 8.42 Å². The molecule has 0 aromatic heterocycles. The van der Waals surface area contributed by atoms with E-state index in [1.54, 1.807) is 25.1 Å². The van der Waals surface area contributed by atoms with Crippen LogP contribution in [0.5, 0.6) is 23.0 Å². The van der Waals surface area contributed by atoms with Crippen molar-refractivity contribution < 1.29 is 26.8 Å². The van der Waals surface area contributed by atoms with Crippen LogP contribution in [0.25, 0.3) is 0 Å². The summed E-state index contributed by atoms with van der Waals surface area (Å²) in [7, 11) is 0.396. The van der Waals surface area contributed by atoms with Crippen molar-refractivity contribution in [2.75, 3.05) is 21.3 Å². The first kappa shape index (κ1) is 17.0. The van der Waals surface area contributed by atoms with Crippen LogP contribution in [0, 0.1) is 6.92 Å². The molecule has 0 radical (unpaired) electrons. The Balaban J connectivity index is 2.43. The fourth-order valence-corrected chi connectivity index (χ4v) is 3.21. The van der Waals surface area contributed by atoms with E-state index >= 15 is 0 Å². The lowest BCUT2D eigenvalue weighted by atomic mass is 10.2. The second kappa shape index (κ2) is 6.78. The summed E-state index contributed by atoms with van der Waals surface area (Å²) in [6.07, 6.45) is 0. The van der Waals surface area contributed by atoms with E-state index in [-0.39, 0.29) is 10.6 Å². The molecule has 0 aliphatic rings. The molecule has 2 rings (SSSR count). The highest BCUT2D eigenvalue weighted by Gasteiger charge is 2.22. The van der Waals surface area contributed by atoms with Crippen LogP contribution < -0.4 is 18.4 Å². The number of ether oxygens (including phenoxy) is 3. The van der Waals surface area contributed by atoms with Crippen molar-refractivity contribution in [3.63, 3.8) is 0 Å². The summed E-state index contributed by atoms with van der Waals surface area (Å²) in [6, 6.07) is 9.33. The lowest BCUT2D eigenvalue weighted by Crippen LogP contribution is -2.12. The first-order valence-corrected chi connectivity index (χ1v) is 8.13. The van der Waals surface area contributed by atoms with Gasteiger partial charge in [0.2, 0.25) is 0 Å². The first-order valence-electron chi connectivity index (χ1n) is 6.72. The topological polar surface area (TPSA) is 71.1 Å². The summed E-state index contributed by atoms with van der Waals surface area (Å²) >= 11 is 0. The zero-order chi connectivity index (χ0) is 17.0. The van der Waals surface area contributed by atoms with Gasteiger partial charge in [-0.25, -0.2) is 0 Å². The van der Waals surface area contributed by atoms with Crippen LogP contribution in [0.4, 0.5) is 0 Å². The second-order valence-corrected chi connectivity index (χ2v) is 6.20. The van der Waals surface area contributed by atoms with Crippen molar-refractivity contribution in [1.29, 1.82) is 0 Å². The van der Waals surface area contributed by atoms with Crippen LogP contribution in [-0.2, 0) is 10.1 Å². The quantitative estimate of drug-likeness (QED) is 0.754. The largest absolute Gasteiger partial charge is 0.497 e. The van der Waals surface area contributed by atoms with Gasteiger partial charge in [0.1, 0.15) is 16.4 Å². The van der Waals surface area contributed by atoms with E-state index in [1.165, 1.54) is 39.5 Å². The average Bonchev–Trinajstić information content (AvgIpc) is 2.53. The minimum Gasteiger partial charge on any atom is -0.497 e. The molecule has 0 bridgehead atoms. The minimum absolute atomic E-state index is 0.0120. The number of rotatable bonds is 6. The number of hydrogen-bond acceptors (Lipinski definition) is 6. The molecule has 0 heterocycles. The molecule has 0 spiro atoms. The number of aryl methyl sites for hydroxylation is 1. The van der Waals surface area contributed by atoms with Gasteiger partial charge in [0.15, 0.2) is 11.5 Å². The Morgan fingerprint density at radius 2 is 1.43 bits per heavy atom. The van der Waals surface area contributed by atoms with E-state index in [1.807, 2.05) is 0 Å². The summed E-state index contributed by atoms with van der Waals surface area (Å²) in [5.74, 6) is 1.43. The zero-order valence-corrected chi connectivity index (χ0v) is 14.1. The van der Waals surface area contributed by atoms with Crippen LogP contribution in [-0.4, -0.2) is 29.7 Å². The highest BCUT2D eigenvalue weighted by Crippen LogP contribution is 2.33. The summed E-state index contributed by atoms with van der Waals surface area (Å²) in [6.45, 7) is 1.66. The molecular weight excluding hydrogens is 320 g/mol. The zero-order valence-electron chi connectivity index (χ0n) is 13.3. The molecule has 0 unspecified atom stereocenters. The van der Waals surface area contributed by atoms with Crippen LogP contribution >= 0.6 is 0 Å². The van der Waals surface area contributed by atoms with Gasteiger partial charge >= 0.3 is 10.1 Å². The normalized spacial score (nSPS) is 11.0. The van der Waals surface area contributed by atoms with Crippen LogP contribution in [0.2, 0.25) is 0 Å². The maximum Gasteiger partial charge on any atom is 0.339 e. The van der Waals surface area contributed by atoms with Gasteiger partial charge in [0.25, 0.3) is 0 Å². The molecule has 7 heteroatoms. The summed E-state index contributed by atoms with van der Waals surface area (Å²) < 4.78 is 45.6. The van der Waals surface area contributed by atoms with Crippen LogP contribution in [0.3, 0.4) is 0 Å². The summed E-state index contributed by atoms with van der Waals surface area (Å²) in [4.78, 5) is 0.0120. The summed E-state index contributed by atoms with van der Waals surface area (Å²) in [5, 5.41) is 0. The van der Waals surface area contributed by atoms with Gasteiger partial charge in [-0.2, -0.15) is 8.42 Å². The van der Waals surface area contributed by atoms with Crippen LogP contribution in [0.15, 0.2) is 41.3 Å². The third-order valence-electron chi connectivity index (χ3n) is 3.20. The van der Waals surface area contributed by atoms with Gasteiger partial charge in [0, 0.05) is 12.1 Å². The SMILES string of the molecule is COc1cccc(OS(=O)(=O)c2cc(OC)c(OC)cc2C)c1. The predicted molar refractivity (Wildman–Crippen MR) is 85.1 cm³/mol. The van der Waals surface area contributed by atoms with E-state index in [4.69, 9.17) is 18.4 Å². The van der Waals surface area contributed by atoms with Gasteiger partial charge in [-0.1, -0.05) is 6.07 Å². The fourth-order valence-electron chi connectivity index (χ4n) is 2.06. The first-order chi connectivity index (χ1) is 10.9. The van der Waals surface area contributed by atoms with E-state index in [0.29, 0.717) is 22.8 Å². The molecule has 0 N–H and O–H groups in total. The molecule has 0 aliphatic carbocycles. The molecule has 0 saturated heterocycles. The predicted octanol–water partition coefficient (Wildman–Crippen LogP) is 2.79. The third-order valence-corrected chi connectivity index (χ3v) is 4.59. The van der Waals surface area contributed by atoms with E-state index < -0.39 is 10.1 Å². The lowest BCUT2D eigenvalue weighted by Gasteiger charge is -2.13. The molecule has 2 aromatic carbocycles. The Labute approximate surface area is 135 Å². The number of benzene rings is 2. The highest BCUT2D eigenvalue weighted by atomic mass is 32.2. The highest BCUT2D eigenvalue weighted by molar-refractivity contribution is 7.87. The van der Waals surface area contributed by atoms with Gasteiger partial charge in [-0.05, 0) is 30.7 Å². The maximum absolute atomic E-state index is 12.5. The van der Waals surface area contributed by atoms with Crippen molar-refractivity contribution in [2.24, 2.45) is 0 Å². The van der Waals surface area contributed by atoms with Crippen molar-refractivity contribution in [3.05, 3.63) is 42.0 Å². The third kappa shape index (κ3) is 3.68. The van der Waals surface area contributed by atoms with Gasteiger partial charge in [0.05, 0.1) is 21.3 Å². The molecule has 124 valence electrons.